The van der Waals surface area contributed by atoms with Crippen LogP contribution in [0.1, 0.15) is 43.9 Å². The lowest BCUT2D eigenvalue weighted by Gasteiger charge is -2.22. The molecule has 1 aliphatic heterocycles. The van der Waals surface area contributed by atoms with Crippen molar-refractivity contribution in [1.82, 2.24) is 0 Å². The van der Waals surface area contributed by atoms with Gasteiger partial charge in [-0.25, -0.2) is 0 Å². The maximum absolute atomic E-state index is 6.38. The van der Waals surface area contributed by atoms with Gasteiger partial charge in [0.2, 0.25) is 0 Å². The third-order valence-electron chi connectivity index (χ3n) is 3.49. The van der Waals surface area contributed by atoms with Crippen molar-refractivity contribution in [1.29, 1.82) is 0 Å². The monoisotopic (exact) mass is 345 g/mol. The average Bonchev–Trinajstić information content (AvgIpc) is 2.75. The fraction of sp³-hybridized carbons (Fsp3) is 0.571. The molecule has 0 radical (unpaired) electrons. The van der Waals surface area contributed by atoms with E-state index in [1.165, 1.54) is 27.5 Å². The van der Waals surface area contributed by atoms with Crippen molar-refractivity contribution in [3.8, 4) is 5.75 Å². The van der Waals surface area contributed by atoms with Crippen molar-refractivity contribution in [2.75, 3.05) is 6.61 Å². The Morgan fingerprint density at radius 3 is 2.94 bits per heavy atom. The molecule has 1 aliphatic rings. The molecule has 1 heterocycles. The van der Waals surface area contributed by atoms with E-state index in [1.807, 2.05) is 0 Å². The van der Waals surface area contributed by atoms with Crippen LogP contribution in [0.2, 0.25) is 0 Å². The largest absolute Gasteiger partial charge is 0.493 e. The molecule has 1 aromatic rings. The maximum Gasteiger partial charge on any atom is 0.127 e. The zero-order valence-electron chi connectivity index (χ0n) is 10.5. The number of rotatable bonds is 4. The zero-order chi connectivity index (χ0) is 12.4. The molecule has 0 saturated carbocycles. The maximum atomic E-state index is 6.38. The van der Waals surface area contributed by atoms with Crippen LogP contribution in [0.15, 0.2) is 12.1 Å². The van der Waals surface area contributed by atoms with E-state index >= 15 is 0 Å². The van der Waals surface area contributed by atoms with Crippen molar-refractivity contribution in [3.63, 3.8) is 0 Å². The van der Waals surface area contributed by atoms with Crippen molar-refractivity contribution in [2.24, 2.45) is 11.7 Å². The van der Waals surface area contributed by atoms with Crippen LogP contribution in [-0.4, -0.2) is 6.61 Å². The Kier molecular flexibility index (Phi) is 4.31. The van der Waals surface area contributed by atoms with Gasteiger partial charge in [0.05, 0.1) is 6.61 Å². The first-order valence-electron chi connectivity index (χ1n) is 6.34. The molecule has 2 nitrogen and oxygen atoms in total. The Labute approximate surface area is 117 Å². The second kappa shape index (κ2) is 5.57. The number of nitrogens with two attached hydrogens (primary N) is 1. The summed E-state index contributed by atoms with van der Waals surface area (Å²) in [5.41, 5.74) is 8.91. The quantitative estimate of drug-likeness (QED) is 0.846. The zero-order valence-corrected chi connectivity index (χ0v) is 12.7. The summed E-state index contributed by atoms with van der Waals surface area (Å²) in [6, 6.07) is 4.49. The molecule has 3 heteroatoms. The normalized spacial score (nSPS) is 17.4. The van der Waals surface area contributed by atoms with Crippen molar-refractivity contribution in [3.05, 3.63) is 26.8 Å². The van der Waals surface area contributed by atoms with Gasteiger partial charge in [-0.3, -0.25) is 0 Å². The van der Waals surface area contributed by atoms with E-state index in [2.05, 4.69) is 48.6 Å². The first-order valence-corrected chi connectivity index (χ1v) is 7.42. The Morgan fingerprint density at radius 2 is 2.24 bits per heavy atom. The van der Waals surface area contributed by atoms with E-state index in [0.29, 0.717) is 5.92 Å². The predicted octanol–water partition coefficient (Wildman–Crippen LogP) is 3.66. The van der Waals surface area contributed by atoms with Gasteiger partial charge < -0.3 is 10.5 Å². The van der Waals surface area contributed by atoms with E-state index in [-0.39, 0.29) is 6.04 Å². The molecule has 0 amide bonds. The first kappa shape index (κ1) is 13.1. The molecule has 17 heavy (non-hydrogen) atoms. The van der Waals surface area contributed by atoms with Crippen LogP contribution in [-0.2, 0) is 6.42 Å². The van der Waals surface area contributed by atoms with Crippen LogP contribution >= 0.6 is 22.6 Å². The number of hydrogen-bond donors (Lipinski definition) is 1. The van der Waals surface area contributed by atoms with Crippen molar-refractivity contribution >= 4 is 22.6 Å². The van der Waals surface area contributed by atoms with Gasteiger partial charge in [-0.2, -0.15) is 0 Å². The molecule has 0 bridgehead atoms. The van der Waals surface area contributed by atoms with Crippen LogP contribution in [0, 0.1) is 9.49 Å². The summed E-state index contributed by atoms with van der Waals surface area (Å²) in [6.07, 6.45) is 3.37. The first-order chi connectivity index (χ1) is 8.13. The molecule has 0 fully saturated rings. The standard InChI is InChI=1S/C14H20INO/c1-3-4-9(2)13(16)12-8-11(15)7-10-5-6-17-14(10)12/h7-9,13H,3-6,16H2,1-2H3. The van der Waals surface area contributed by atoms with Gasteiger partial charge in [-0.1, -0.05) is 20.3 Å². The highest BCUT2D eigenvalue weighted by Crippen LogP contribution is 2.37. The highest BCUT2D eigenvalue weighted by molar-refractivity contribution is 14.1. The number of fused-ring (bicyclic) bond motifs is 1. The van der Waals surface area contributed by atoms with Crippen molar-refractivity contribution in [2.45, 2.75) is 39.2 Å². The summed E-state index contributed by atoms with van der Waals surface area (Å²) in [6.45, 7) is 5.24. The molecule has 94 valence electrons. The molecule has 2 unspecified atom stereocenters. The van der Waals surface area contributed by atoms with Crippen LogP contribution in [0.5, 0.6) is 5.75 Å². The van der Waals surface area contributed by atoms with Crippen LogP contribution in [0.25, 0.3) is 0 Å². The van der Waals surface area contributed by atoms with Crippen LogP contribution < -0.4 is 10.5 Å². The molecule has 0 aromatic heterocycles. The Bertz CT molecular complexity index is 405. The van der Waals surface area contributed by atoms with Gasteiger partial charge in [0.25, 0.3) is 0 Å². The van der Waals surface area contributed by atoms with Gasteiger partial charge in [-0.15, -0.1) is 0 Å². The molecule has 2 rings (SSSR count). The lowest BCUT2D eigenvalue weighted by molar-refractivity contribution is 0.343. The SMILES string of the molecule is CCCC(C)C(N)c1cc(I)cc2c1OCC2. The minimum Gasteiger partial charge on any atom is -0.493 e. The molecule has 0 spiro atoms. The van der Waals surface area contributed by atoms with E-state index in [0.717, 1.165) is 18.8 Å². The number of ether oxygens (including phenoxy) is 1. The fourth-order valence-electron chi connectivity index (χ4n) is 2.49. The van der Waals surface area contributed by atoms with Gasteiger partial charge >= 0.3 is 0 Å². The lowest BCUT2D eigenvalue weighted by Crippen LogP contribution is -2.20. The number of halogens is 1. The topological polar surface area (TPSA) is 35.2 Å². The van der Waals surface area contributed by atoms with E-state index in [9.17, 15) is 0 Å². The Balaban J connectivity index is 2.31. The fourth-order valence-corrected chi connectivity index (χ4v) is 3.20. The summed E-state index contributed by atoms with van der Waals surface area (Å²) >= 11 is 2.37. The van der Waals surface area contributed by atoms with E-state index < -0.39 is 0 Å². The molecule has 2 N–H and O–H groups in total. The van der Waals surface area contributed by atoms with E-state index in [1.54, 1.807) is 0 Å². The van der Waals surface area contributed by atoms with E-state index in [4.69, 9.17) is 10.5 Å². The summed E-state index contributed by atoms with van der Waals surface area (Å²) in [7, 11) is 0. The smallest absolute Gasteiger partial charge is 0.127 e. The van der Waals surface area contributed by atoms with Gasteiger partial charge in [0.15, 0.2) is 0 Å². The lowest BCUT2D eigenvalue weighted by atomic mass is 9.90. The second-order valence-corrected chi connectivity index (χ2v) is 6.12. The molecule has 2 atom stereocenters. The third-order valence-corrected chi connectivity index (χ3v) is 4.12. The predicted molar refractivity (Wildman–Crippen MR) is 79.4 cm³/mol. The molecule has 1 aromatic carbocycles. The third kappa shape index (κ3) is 2.76. The summed E-state index contributed by atoms with van der Waals surface area (Å²) in [5, 5.41) is 0. The molecular weight excluding hydrogens is 325 g/mol. The summed E-state index contributed by atoms with van der Waals surface area (Å²) in [5.74, 6) is 1.56. The Morgan fingerprint density at radius 1 is 1.47 bits per heavy atom. The molecule has 0 saturated heterocycles. The highest BCUT2D eigenvalue weighted by Gasteiger charge is 2.24. The minimum atomic E-state index is 0.0940. The average molecular weight is 345 g/mol. The second-order valence-electron chi connectivity index (χ2n) is 4.87. The molecule has 0 aliphatic carbocycles. The summed E-state index contributed by atoms with van der Waals surface area (Å²) < 4.78 is 7.02. The highest BCUT2D eigenvalue weighted by atomic mass is 127. The number of benzene rings is 1. The number of hydrogen-bond acceptors (Lipinski definition) is 2. The summed E-state index contributed by atoms with van der Waals surface area (Å²) in [4.78, 5) is 0. The van der Waals surface area contributed by atoms with Crippen LogP contribution in [0.4, 0.5) is 0 Å². The molecular formula is C14H20INO. The van der Waals surface area contributed by atoms with Gasteiger partial charge in [-0.05, 0) is 52.6 Å². The van der Waals surface area contributed by atoms with Crippen LogP contribution in [0.3, 0.4) is 0 Å². The van der Waals surface area contributed by atoms with Gasteiger partial charge in [0.1, 0.15) is 5.75 Å². The minimum absolute atomic E-state index is 0.0940. The van der Waals surface area contributed by atoms with Crippen molar-refractivity contribution < 1.29 is 4.74 Å². The Hall–Kier alpha value is -0.290. The van der Waals surface area contributed by atoms with Gasteiger partial charge in [0, 0.05) is 21.6 Å².